The molecule has 0 aliphatic carbocycles. The number of carbonyl (C=O) groups is 1. The van der Waals surface area contributed by atoms with Crippen LogP contribution in [-0.2, 0) is 9.53 Å². The van der Waals surface area contributed by atoms with Crippen LogP contribution in [0.1, 0.15) is 38.9 Å². The third-order valence-electron chi connectivity index (χ3n) is 3.15. The molecule has 1 amide bonds. The zero-order valence-corrected chi connectivity index (χ0v) is 13.7. The summed E-state index contributed by atoms with van der Waals surface area (Å²) in [5, 5.41) is 12.9. The molecule has 0 aromatic heterocycles. The van der Waals surface area contributed by atoms with Gasteiger partial charge in [-0.1, -0.05) is 35.0 Å². The first-order chi connectivity index (χ1) is 9.43. The van der Waals surface area contributed by atoms with Crippen molar-refractivity contribution in [1.29, 1.82) is 0 Å². The fourth-order valence-corrected chi connectivity index (χ4v) is 1.92. The predicted molar refractivity (Wildman–Crippen MR) is 82.4 cm³/mol. The molecule has 0 saturated heterocycles. The Morgan fingerprint density at radius 3 is 2.50 bits per heavy atom. The number of hydrogen-bond acceptors (Lipinski definition) is 3. The molecule has 4 nitrogen and oxygen atoms in total. The monoisotopic (exact) mass is 343 g/mol. The average Bonchev–Trinajstić information content (AvgIpc) is 2.44. The Kier molecular flexibility index (Phi) is 7.19. The van der Waals surface area contributed by atoms with E-state index in [1.54, 1.807) is 6.92 Å². The van der Waals surface area contributed by atoms with E-state index in [1.807, 2.05) is 38.1 Å². The highest BCUT2D eigenvalue weighted by Crippen LogP contribution is 2.19. The second-order valence-electron chi connectivity index (χ2n) is 4.88. The molecular formula is C15H22BrNO3. The summed E-state index contributed by atoms with van der Waals surface area (Å²) in [7, 11) is 0. The van der Waals surface area contributed by atoms with E-state index in [0.717, 1.165) is 16.5 Å². The fraction of sp³-hybridized carbons (Fsp3) is 0.533. The predicted octanol–water partition coefficient (Wildman–Crippen LogP) is 2.80. The van der Waals surface area contributed by atoms with Crippen LogP contribution in [0.5, 0.6) is 0 Å². The van der Waals surface area contributed by atoms with Gasteiger partial charge < -0.3 is 15.2 Å². The van der Waals surface area contributed by atoms with E-state index in [1.165, 1.54) is 0 Å². The molecule has 3 unspecified atom stereocenters. The molecule has 0 aliphatic heterocycles. The van der Waals surface area contributed by atoms with Crippen LogP contribution in [-0.4, -0.2) is 29.8 Å². The Morgan fingerprint density at radius 2 is 1.95 bits per heavy atom. The van der Waals surface area contributed by atoms with Crippen LogP contribution in [0.4, 0.5) is 0 Å². The molecule has 0 fully saturated rings. The quantitative estimate of drug-likeness (QED) is 0.800. The van der Waals surface area contributed by atoms with Crippen molar-refractivity contribution in [3.05, 3.63) is 34.3 Å². The van der Waals surface area contributed by atoms with E-state index in [9.17, 15) is 9.90 Å². The topological polar surface area (TPSA) is 58.6 Å². The van der Waals surface area contributed by atoms with Crippen LogP contribution < -0.4 is 5.32 Å². The van der Waals surface area contributed by atoms with Crippen LogP contribution in [0.2, 0.25) is 0 Å². The van der Waals surface area contributed by atoms with Crippen molar-refractivity contribution >= 4 is 21.8 Å². The molecule has 20 heavy (non-hydrogen) atoms. The van der Waals surface area contributed by atoms with Gasteiger partial charge in [0.1, 0.15) is 6.61 Å². The fourth-order valence-electron chi connectivity index (χ4n) is 1.66. The number of aliphatic hydroxyl groups is 1. The minimum Gasteiger partial charge on any atom is -0.386 e. The third kappa shape index (κ3) is 5.61. The van der Waals surface area contributed by atoms with E-state index in [4.69, 9.17) is 4.74 Å². The Morgan fingerprint density at radius 1 is 1.35 bits per heavy atom. The van der Waals surface area contributed by atoms with Crippen LogP contribution in [0, 0.1) is 0 Å². The number of halogens is 1. The lowest BCUT2D eigenvalue weighted by atomic mass is 10.0. The molecule has 1 rings (SSSR count). The van der Waals surface area contributed by atoms with Crippen molar-refractivity contribution < 1.29 is 14.6 Å². The summed E-state index contributed by atoms with van der Waals surface area (Å²) in [6, 6.07) is 7.00. The maximum absolute atomic E-state index is 11.7. The van der Waals surface area contributed by atoms with Gasteiger partial charge in [-0.25, -0.2) is 0 Å². The smallest absolute Gasteiger partial charge is 0.246 e. The van der Waals surface area contributed by atoms with Crippen LogP contribution in [0.3, 0.4) is 0 Å². The number of amides is 1. The Balaban J connectivity index is 2.47. The van der Waals surface area contributed by atoms with Gasteiger partial charge in [0.15, 0.2) is 0 Å². The van der Waals surface area contributed by atoms with Gasteiger partial charge in [-0.2, -0.15) is 0 Å². The summed E-state index contributed by atoms with van der Waals surface area (Å²) in [5.74, 6) is -0.214. The first-order valence-electron chi connectivity index (χ1n) is 6.78. The maximum Gasteiger partial charge on any atom is 0.246 e. The van der Waals surface area contributed by atoms with Crippen molar-refractivity contribution in [2.75, 3.05) is 6.61 Å². The van der Waals surface area contributed by atoms with Gasteiger partial charge in [-0.3, -0.25) is 4.79 Å². The molecule has 0 aliphatic rings. The first kappa shape index (κ1) is 17.1. The molecule has 5 heteroatoms. The summed E-state index contributed by atoms with van der Waals surface area (Å²) >= 11 is 3.34. The third-order valence-corrected chi connectivity index (χ3v) is 3.68. The molecule has 0 bridgehead atoms. The van der Waals surface area contributed by atoms with Crippen LogP contribution in [0.15, 0.2) is 28.7 Å². The zero-order chi connectivity index (χ0) is 15.1. The minimum atomic E-state index is -0.740. The van der Waals surface area contributed by atoms with E-state index >= 15 is 0 Å². The maximum atomic E-state index is 11.7. The van der Waals surface area contributed by atoms with Gasteiger partial charge in [-0.05, 0) is 38.0 Å². The first-order valence-corrected chi connectivity index (χ1v) is 7.57. The molecule has 112 valence electrons. The van der Waals surface area contributed by atoms with Gasteiger partial charge in [0, 0.05) is 4.47 Å². The molecule has 0 saturated carbocycles. The Bertz CT molecular complexity index is 422. The number of aliphatic hydroxyl groups excluding tert-OH is 1. The lowest BCUT2D eigenvalue weighted by Crippen LogP contribution is -2.39. The SMILES string of the molecule is CCC(C)OCC(=O)NC(C)C(O)c1ccc(Br)cc1. The number of carbonyl (C=O) groups excluding carboxylic acids is 1. The Hall–Kier alpha value is -0.910. The summed E-state index contributed by atoms with van der Waals surface area (Å²) < 4.78 is 6.31. The molecule has 1 aromatic carbocycles. The highest BCUT2D eigenvalue weighted by molar-refractivity contribution is 9.10. The number of hydrogen-bond donors (Lipinski definition) is 2. The standard InChI is InChI=1S/C15H22BrNO3/c1-4-10(2)20-9-14(18)17-11(3)15(19)12-5-7-13(16)8-6-12/h5-8,10-11,15,19H,4,9H2,1-3H3,(H,17,18). The summed E-state index contributed by atoms with van der Waals surface area (Å²) in [6.45, 7) is 5.72. The summed E-state index contributed by atoms with van der Waals surface area (Å²) in [5.41, 5.74) is 0.767. The molecule has 3 atom stereocenters. The largest absolute Gasteiger partial charge is 0.386 e. The van der Waals surface area contributed by atoms with E-state index in [-0.39, 0.29) is 24.7 Å². The van der Waals surface area contributed by atoms with Crippen LogP contribution >= 0.6 is 15.9 Å². The Labute approximate surface area is 128 Å². The van der Waals surface area contributed by atoms with Crippen molar-refractivity contribution in [1.82, 2.24) is 5.32 Å². The van der Waals surface area contributed by atoms with E-state index < -0.39 is 6.10 Å². The molecule has 2 N–H and O–H groups in total. The minimum absolute atomic E-state index is 0.0202. The number of rotatable bonds is 7. The van der Waals surface area contributed by atoms with Crippen molar-refractivity contribution in [2.24, 2.45) is 0 Å². The second kappa shape index (κ2) is 8.39. The van der Waals surface area contributed by atoms with Crippen molar-refractivity contribution in [3.63, 3.8) is 0 Å². The van der Waals surface area contributed by atoms with Gasteiger partial charge in [0.25, 0.3) is 0 Å². The van der Waals surface area contributed by atoms with Crippen molar-refractivity contribution in [2.45, 2.75) is 45.4 Å². The van der Waals surface area contributed by atoms with Crippen molar-refractivity contribution in [3.8, 4) is 0 Å². The van der Waals surface area contributed by atoms with Gasteiger partial charge in [0.2, 0.25) is 5.91 Å². The van der Waals surface area contributed by atoms with Gasteiger partial charge >= 0.3 is 0 Å². The number of nitrogens with one attached hydrogen (secondary N) is 1. The van der Waals surface area contributed by atoms with Gasteiger partial charge in [0.05, 0.1) is 18.2 Å². The highest BCUT2D eigenvalue weighted by Gasteiger charge is 2.18. The second-order valence-corrected chi connectivity index (χ2v) is 5.80. The average molecular weight is 344 g/mol. The number of benzene rings is 1. The zero-order valence-electron chi connectivity index (χ0n) is 12.1. The van der Waals surface area contributed by atoms with Gasteiger partial charge in [-0.15, -0.1) is 0 Å². The summed E-state index contributed by atoms with van der Waals surface area (Å²) in [6.07, 6.45) is 0.188. The molecular weight excluding hydrogens is 322 g/mol. The highest BCUT2D eigenvalue weighted by atomic mass is 79.9. The number of ether oxygens (including phenoxy) is 1. The lowest BCUT2D eigenvalue weighted by molar-refractivity contribution is -0.128. The lowest BCUT2D eigenvalue weighted by Gasteiger charge is -2.21. The normalized spacial score (nSPS) is 15.4. The molecule has 0 radical (unpaired) electrons. The summed E-state index contributed by atoms with van der Waals surface area (Å²) in [4.78, 5) is 11.7. The van der Waals surface area contributed by atoms with Crippen LogP contribution in [0.25, 0.3) is 0 Å². The van der Waals surface area contributed by atoms with E-state index in [0.29, 0.717) is 0 Å². The molecule has 0 heterocycles. The molecule has 1 aromatic rings. The molecule has 0 spiro atoms. The van der Waals surface area contributed by atoms with E-state index in [2.05, 4.69) is 21.2 Å².